The molecule has 0 fully saturated rings. The molecule has 2 N–H and O–H groups in total. The average molecular weight is 208 g/mol. The van der Waals surface area contributed by atoms with E-state index in [1.165, 1.54) is 16.9 Å². The van der Waals surface area contributed by atoms with Gasteiger partial charge in [0.15, 0.2) is 0 Å². The summed E-state index contributed by atoms with van der Waals surface area (Å²) in [6.07, 6.45) is 0.989. The molecule has 0 aliphatic heterocycles. The minimum Gasteiger partial charge on any atom is -0.506 e. The molecule has 3 heteroatoms. The lowest BCUT2D eigenvalue weighted by Gasteiger charge is -1.95. The van der Waals surface area contributed by atoms with E-state index < -0.39 is 0 Å². The summed E-state index contributed by atoms with van der Waals surface area (Å²) in [7, 11) is 0. The molecule has 0 aliphatic rings. The van der Waals surface area contributed by atoms with Crippen LogP contribution in [0.3, 0.4) is 0 Å². The lowest BCUT2D eigenvalue weighted by Crippen LogP contribution is -1.77. The van der Waals surface area contributed by atoms with E-state index >= 15 is 0 Å². The van der Waals surface area contributed by atoms with Gasteiger partial charge in [-0.25, -0.2) is 0 Å². The molecule has 2 rings (SSSR count). The first kappa shape index (κ1) is 9.49. The van der Waals surface area contributed by atoms with Gasteiger partial charge in [0.2, 0.25) is 0 Å². The Labute approximate surface area is 86.4 Å². The molecule has 1 aromatic carbocycles. The number of rotatable bonds is 2. The highest BCUT2D eigenvalue weighted by Gasteiger charge is 2.09. The van der Waals surface area contributed by atoms with Crippen LogP contribution in [-0.4, -0.2) is 10.2 Å². The number of aliphatic hydroxyl groups excluding tert-OH is 1. The fourth-order valence-electron chi connectivity index (χ4n) is 1.51. The predicted octanol–water partition coefficient (Wildman–Crippen LogP) is 2.66. The standard InChI is InChI=1S/C11H12O2S/c1-2-7-3-4-8-9(5-7)14-10(6-12)11(8)13/h3-5,12-13H,2,6H2,1H3. The molecule has 0 atom stereocenters. The highest BCUT2D eigenvalue weighted by Crippen LogP contribution is 2.37. The molecular weight excluding hydrogens is 196 g/mol. The van der Waals surface area contributed by atoms with Crippen LogP contribution in [0.1, 0.15) is 17.4 Å². The first-order valence-corrected chi connectivity index (χ1v) is 5.42. The van der Waals surface area contributed by atoms with E-state index in [1.807, 2.05) is 12.1 Å². The Kier molecular flexibility index (Phi) is 2.44. The maximum absolute atomic E-state index is 9.70. The average Bonchev–Trinajstić information content (AvgIpc) is 2.55. The Morgan fingerprint density at radius 2 is 2.14 bits per heavy atom. The van der Waals surface area contributed by atoms with E-state index in [0.29, 0.717) is 4.88 Å². The van der Waals surface area contributed by atoms with Crippen molar-refractivity contribution in [3.05, 3.63) is 28.6 Å². The Morgan fingerprint density at radius 1 is 1.36 bits per heavy atom. The number of fused-ring (bicyclic) bond motifs is 1. The van der Waals surface area contributed by atoms with Crippen molar-refractivity contribution in [2.45, 2.75) is 20.0 Å². The van der Waals surface area contributed by atoms with Gasteiger partial charge in [-0.3, -0.25) is 0 Å². The van der Waals surface area contributed by atoms with Crippen LogP contribution in [0.4, 0.5) is 0 Å². The molecule has 0 spiro atoms. The second kappa shape index (κ2) is 3.59. The number of hydrogen-bond donors (Lipinski definition) is 2. The Morgan fingerprint density at radius 3 is 2.79 bits per heavy atom. The molecule has 2 aromatic rings. The number of aryl methyl sites for hydroxylation is 1. The van der Waals surface area contributed by atoms with E-state index in [0.717, 1.165) is 16.5 Å². The van der Waals surface area contributed by atoms with Crippen molar-refractivity contribution in [1.82, 2.24) is 0 Å². The summed E-state index contributed by atoms with van der Waals surface area (Å²) in [5.74, 6) is 0.232. The van der Waals surface area contributed by atoms with Crippen LogP contribution in [0.25, 0.3) is 10.1 Å². The summed E-state index contributed by atoms with van der Waals surface area (Å²) < 4.78 is 1.05. The first-order chi connectivity index (χ1) is 6.76. The van der Waals surface area contributed by atoms with Crippen molar-refractivity contribution >= 4 is 21.4 Å². The number of aromatic hydroxyl groups is 1. The maximum atomic E-state index is 9.70. The summed E-state index contributed by atoms with van der Waals surface area (Å²) >= 11 is 1.45. The van der Waals surface area contributed by atoms with Gasteiger partial charge in [-0.1, -0.05) is 13.0 Å². The van der Waals surface area contributed by atoms with Gasteiger partial charge in [-0.2, -0.15) is 0 Å². The second-order valence-corrected chi connectivity index (χ2v) is 4.35. The minimum atomic E-state index is -0.0906. The summed E-state index contributed by atoms with van der Waals surface area (Å²) in [5.41, 5.74) is 1.25. The predicted molar refractivity (Wildman–Crippen MR) is 58.8 cm³/mol. The lowest BCUT2D eigenvalue weighted by molar-refractivity contribution is 0.280. The highest BCUT2D eigenvalue weighted by molar-refractivity contribution is 7.19. The van der Waals surface area contributed by atoms with Crippen LogP contribution >= 0.6 is 11.3 Å². The molecule has 0 aliphatic carbocycles. The first-order valence-electron chi connectivity index (χ1n) is 4.60. The molecule has 2 nitrogen and oxygen atoms in total. The molecule has 0 saturated carbocycles. The lowest BCUT2D eigenvalue weighted by atomic mass is 10.1. The van der Waals surface area contributed by atoms with Crippen LogP contribution in [-0.2, 0) is 13.0 Å². The molecule has 0 amide bonds. The monoisotopic (exact) mass is 208 g/mol. The normalized spacial score (nSPS) is 11.0. The minimum absolute atomic E-state index is 0.0906. The van der Waals surface area contributed by atoms with Gasteiger partial charge in [0.05, 0.1) is 11.5 Å². The number of benzene rings is 1. The van der Waals surface area contributed by atoms with Crippen LogP contribution in [0, 0.1) is 0 Å². The number of aliphatic hydroxyl groups is 1. The zero-order valence-electron chi connectivity index (χ0n) is 7.95. The highest BCUT2D eigenvalue weighted by atomic mass is 32.1. The fourth-order valence-corrected chi connectivity index (χ4v) is 2.53. The second-order valence-electron chi connectivity index (χ2n) is 3.22. The summed E-state index contributed by atoms with van der Waals surface area (Å²) in [6, 6.07) is 5.99. The quantitative estimate of drug-likeness (QED) is 0.796. The van der Waals surface area contributed by atoms with E-state index in [4.69, 9.17) is 5.11 Å². The van der Waals surface area contributed by atoms with Crippen LogP contribution in [0.15, 0.2) is 18.2 Å². The van der Waals surface area contributed by atoms with Gasteiger partial charge in [-0.05, 0) is 24.1 Å². The van der Waals surface area contributed by atoms with Crippen LogP contribution < -0.4 is 0 Å². The van der Waals surface area contributed by atoms with Crippen molar-refractivity contribution in [1.29, 1.82) is 0 Å². The molecule has 0 saturated heterocycles. The molecule has 1 heterocycles. The molecule has 74 valence electrons. The molecule has 0 bridgehead atoms. The van der Waals surface area contributed by atoms with Gasteiger partial charge >= 0.3 is 0 Å². The molecule has 14 heavy (non-hydrogen) atoms. The maximum Gasteiger partial charge on any atom is 0.139 e. The Bertz CT molecular complexity index is 460. The zero-order valence-corrected chi connectivity index (χ0v) is 8.77. The smallest absolute Gasteiger partial charge is 0.139 e. The Hall–Kier alpha value is -1.06. The van der Waals surface area contributed by atoms with Crippen molar-refractivity contribution in [3.8, 4) is 5.75 Å². The van der Waals surface area contributed by atoms with Crippen LogP contribution in [0.5, 0.6) is 5.75 Å². The topological polar surface area (TPSA) is 40.5 Å². The van der Waals surface area contributed by atoms with Gasteiger partial charge in [0.25, 0.3) is 0 Å². The summed E-state index contributed by atoms with van der Waals surface area (Å²) in [4.78, 5) is 0.647. The number of thiophene rings is 1. The molecular formula is C11H12O2S. The van der Waals surface area contributed by atoms with Crippen LogP contribution in [0.2, 0.25) is 0 Å². The third-order valence-electron chi connectivity index (χ3n) is 2.35. The molecule has 0 unspecified atom stereocenters. The zero-order chi connectivity index (χ0) is 10.1. The van der Waals surface area contributed by atoms with E-state index in [9.17, 15) is 5.11 Å². The third kappa shape index (κ3) is 1.38. The van der Waals surface area contributed by atoms with E-state index in [2.05, 4.69) is 13.0 Å². The molecule has 0 radical (unpaired) electrons. The van der Waals surface area contributed by atoms with E-state index in [-0.39, 0.29) is 12.4 Å². The van der Waals surface area contributed by atoms with Crippen molar-refractivity contribution in [3.63, 3.8) is 0 Å². The van der Waals surface area contributed by atoms with Gasteiger partial charge in [0, 0.05) is 10.1 Å². The summed E-state index contributed by atoms with van der Waals surface area (Å²) in [5, 5.41) is 19.5. The van der Waals surface area contributed by atoms with Crippen molar-refractivity contribution in [2.24, 2.45) is 0 Å². The summed E-state index contributed by atoms with van der Waals surface area (Å²) in [6.45, 7) is 2.01. The fraction of sp³-hybridized carbons (Fsp3) is 0.273. The largest absolute Gasteiger partial charge is 0.506 e. The number of hydrogen-bond acceptors (Lipinski definition) is 3. The van der Waals surface area contributed by atoms with Gasteiger partial charge in [0.1, 0.15) is 5.75 Å². The molecule has 1 aromatic heterocycles. The van der Waals surface area contributed by atoms with Gasteiger partial charge in [-0.15, -0.1) is 11.3 Å². The SMILES string of the molecule is CCc1ccc2c(O)c(CO)sc2c1. The van der Waals surface area contributed by atoms with E-state index in [1.54, 1.807) is 0 Å². The van der Waals surface area contributed by atoms with Crippen molar-refractivity contribution < 1.29 is 10.2 Å². The van der Waals surface area contributed by atoms with Crippen molar-refractivity contribution in [2.75, 3.05) is 0 Å². The Balaban J connectivity index is 2.66. The van der Waals surface area contributed by atoms with Gasteiger partial charge < -0.3 is 10.2 Å². The third-order valence-corrected chi connectivity index (χ3v) is 3.48.